The molecule has 2 rings (SSSR count). The number of rotatable bonds is 6. The molecule has 0 saturated heterocycles. The average molecular weight is 338 g/mol. The summed E-state index contributed by atoms with van der Waals surface area (Å²) >= 11 is 0. The Hall–Kier alpha value is -2.82. The minimum Gasteiger partial charge on any atom is -0.354 e. The van der Waals surface area contributed by atoms with E-state index in [4.69, 9.17) is 0 Å². The molecule has 0 aliphatic rings. The van der Waals surface area contributed by atoms with Gasteiger partial charge in [-0.05, 0) is 24.6 Å². The van der Waals surface area contributed by atoms with E-state index < -0.39 is 0 Å². The van der Waals surface area contributed by atoms with Crippen LogP contribution >= 0.6 is 0 Å². The monoisotopic (exact) mass is 338 g/mol. The number of carbonyl (C=O) groups is 1. The Morgan fingerprint density at radius 3 is 2.44 bits per heavy atom. The van der Waals surface area contributed by atoms with Crippen LogP contribution in [0, 0.1) is 6.92 Å². The molecule has 0 aromatic heterocycles. The summed E-state index contributed by atoms with van der Waals surface area (Å²) in [4.78, 5) is 18.4. The van der Waals surface area contributed by atoms with E-state index in [1.807, 2.05) is 56.4 Å². The van der Waals surface area contributed by atoms with E-state index in [-0.39, 0.29) is 5.91 Å². The smallest absolute Gasteiger partial charge is 0.251 e. The highest BCUT2D eigenvalue weighted by Gasteiger charge is 2.07. The molecule has 1 amide bonds. The molecular formula is C20H26N4O. The van der Waals surface area contributed by atoms with Crippen LogP contribution in [-0.4, -0.2) is 44.0 Å². The fraction of sp³-hybridized carbons (Fsp3) is 0.300. The van der Waals surface area contributed by atoms with Crippen molar-refractivity contribution in [2.45, 2.75) is 13.5 Å². The number of benzene rings is 2. The van der Waals surface area contributed by atoms with Gasteiger partial charge < -0.3 is 15.5 Å². The molecule has 0 atom stereocenters. The number of carbonyl (C=O) groups excluding carboxylic acids is 1. The molecular weight excluding hydrogens is 312 g/mol. The molecule has 2 aromatic rings. The quantitative estimate of drug-likeness (QED) is 0.483. The minimum absolute atomic E-state index is 0.0573. The van der Waals surface area contributed by atoms with Crippen LogP contribution in [-0.2, 0) is 6.54 Å². The minimum atomic E-state index is -0.0573. The van der Waals surface area contributed by atoms with Gasteiger partial charge in [-0.3, -0.25) is 9.79 Å². The summed E-state index contributed by atoms with van der Waals surface area (Å²) in [6.45, 7) is 3.90. The number of nitrogens with one attached hydrogen (secondary N) is 2. The number of hydrogen-bond donors (Lipinski definition) is 2. The zero-order valence-electron chi connectivity index (χ0n) is 15.1. The van der Waals surface area contributed by atoms with E-state index in [1.165, 1.54) is 5.56 Å². The van der Waals surface area contributed by atoms with Crippen molar-refractivity contribution in [3.8, 4) is 0 Å². The maximum Gasteiger partial charge on any atom is 0.251 e. The first kappa shape index (κ1) is 18.5. The summed E-state index contributed by atoms with van der Waals surface area (Å²) < 4.78 is 0. The summed E-state index contributed by atoms with van der Waals surface area (Å²) in [5.41, 5.74) is 2.99. The molecule has 0 bridgehead atoms. The van der Waals surface area contributed by atoms with Crippen LogP contribution in [0.5, 0.6) is 0 Å². The van der Waals surface area contributed by atoms with Gasteiger partial charge in [0.2, 0.25) is 0 Å². The van der Waals surface area contributed by atoms with Gasteiger partial charge >= 0.3 is 0 Å². The lowest BCUT2D eigenvalue weighted by atomic mass is 10.1. The van der Waals surface area contributed by atoms with Gasteiger partial charge in [-0.2, -0.15) is 0 Å². The van der Waals surface area contributed by atoms with Gasteiger partial charge in [0.15, 0.2) is 5.96 Å². The second kappa shape index (κ2) is 9.47. The second-order valence-electron chi connectivity index (χ2n) is 5.94. The standard InChI is InChI=1S/C20H26N4O/c1-16-8-7-11-18(14-16)19(25)22-12-13-23-20(21-2)24(3)15-17-9-5-4-6-10-17/h4-11,14H,12-13,15H2,1-3H3,(H,21,23)(H,22,25). The van der Waals surface area contributed by atoms with Crippen molar-refractivity contribution in [2.24, 2.45) is 4.99 Å². The number of nitrogens with zero attached hydrogens (tertiary/aromatic N) is 2. The second-order valence-corrected chi connectivity index (χ2v) is 5.94. The van der Waals surface area contributed by atoms with E-state index in [0.717, 1.165) is 18.1 Å². The predicted molar refractivity (Wildman–Crippen MR) is 103 cm³/mol. The molecule has 0 aliphatic carbocycles. The van der Waals surface area contributed by atoms with Gasteiger partial charge in [0, 0.05) is 39.3 Å². The number of aliphatic imine (C=N–C) groups is 1. The van der Waals surface area contributed by atoms with Crippen LogP contribution in [0.2, 0.25) is 0 Å². The Labute approximate surface area is 149 Å². The third-order valence-corrected chi connectivity index (χ3v) is 3.81. The lowest BCUT2D eigenvalue weighted by Gasteiger charge is -2.22. The Bertz CT molecular complexity index is 713. The Morgan fingerprint density at radius 2 is 1.76 bits per heavy atom. The number of guanidine groups is 1. The van der Waals surface area contributed by atoms with Crippen LogP contribution in [0.25, 0.3) is 0 Å². The van der Waals surface area contributed by atoms with Crippen molar-refractivity contribution in [2.75, 3.05) is 27.2 Å². The van der Waals surface area contributed by atoms with Crippen LogP contribution < -0.4 is 10.6 Å². The fourth-order valence-corrected chi connectivity index (χ4v) is 2.56. The number of hydrogen-bond acceptors (Lipinski definition) is 2. The van der Waals surface area contributed by atoms with Crippen LogP contribution in [0.15, 0.2) is 59.6 Å². The average Bonchev–Trinajstić information content (AvgIpc) is 2.62. The molecule has 2 aromatic carbocycles. The molecule has 0 radical (unpaired) electrons. The highest BCUT2D eigenvalue weighted by atomic mass is 16.1. The van der Waals surface area contributed by atoms with E-state index in [9.17, 15) is 4.79 Å². The highest BCUT2D eigenvalue weighted by molar-refractivity contribution is 5.94. The van der Waals surface area contributed by atoms with Gasteiger partial charge in [0.05, 0.1) is 0 Å². The predicted octanol–water partition coefficient (Wildman–Crippen LogP) is 2.43. The van der Waals surface area contributed by atoms with E-state index in [2.05, 4.69) is 32.7 Å². The molecule has 0 unspecified atom stereocenters. The molecule has 5 nitrogen and oxygen atoms in total. The Kier molecular flexibility index (Phi) is 7.01. The Balaban J connectivity index is 1.76. The van der Waals surface area contributed by atoms with Crippen LogP contribution in [0.1, 0.15) is 21.5 Å². The first-order valence-corrected chi connectivity index (χ1v) is 8.40. The van der Waals surface area contributed by atoms with Gasteiger partial charge in [-0.15, -0.1) is 0 Å². The summed E-state index contributed by atoms with van der Waals surface area (Å²) in [6.07, 6.45) is 0. The van der Waals surface area contributed by atoms with Crippen molar-refractivity contribution >= 4 is 11.9 Å². The van der Waals surface area contributed by atoms with Gasteiger partial charge in [-0.25, -0.2) is 0 Å². The lowest BCUT2D eigenvalue weighted by molar-refractivity contribution is 0.0954. The highest BCUT2D eigenvalue weighted by Crippen LogP contribution is 2.04. The van der Waals surface area contributed by atoms with Gasteiger partial charge in [0.1, 0.15) is 0 Å². The largest absolute Gasteiger partial charge is 0.354 e. The molecule has 2 N–H and O–H groups in total. The first-order chi connectivity index (χ1) is 12.1. The maximum absolute atomic E-state index is 12.1. The normalized spacial score (nSPS) is 11.1. The third kappa shape index (κ3) is 5.95. The van der Waals surface area contributed by atoms with E-state index in [0.29, 0.717) is 18.7 Å². The lowest BCUT2D eigenvalue weighted by Crippen LogP contribution is -2.42. The van der Waals surface area contributed by atoms with Crippen molar-refractivity contribution in [1.29, 1.82) is 0 Å². The molecule has 0 heterocycles. The van der Waals surface area contributed by atoms with Crippen molar-refractivity contribution in [1.82, 2.24) is 15.5 Å². The topological polar surface area (TPSA) is 56.7 Å². The van der Waals surface area contributed by atoms with E-state index in [1.54, 1.807) is 7.05 Å². The van der Waals surface area contributed by atoms with Crippen LogP contribution in [0.3, 0.4) is 0 Å². The summed E-state index contributed by atoms with van der Waals surface area (Å²) in [5, 5.41) is 6.19. The van der Waals surface area contributed by atoms with Gasteiger partial charge in [0.25, 0.3) is 5.91 Å². The summed E-state index contributed by atoms with van der Waals surface area (Å²) in [7, 11) is 3.75. The van der Waals surface area contributed by atoms with Crippen LogP contribution in [0.4, 0.5) is 0 Å². The summed E-state index contributed by atoms with van der Waals surface area (Å²) in [6, 6.07) is 17.8. The fourth-order valence-electron chi connectivity index (χ4n) is 2.56. The molecule has 5 heteroatoms. The Morgan fingerprint density at radius 1 is 1.04 bits per heavy atom. The molecule has 0 saturated carbocycles. The van der Waals surface area contributed by atoms with Crippen molar-refractivity contribution in [3.63, 3.8) is 0 Å². The SMILES string of the molecule is CN=C(NCCNC(=O)c1cccc(C)c1)N(C)Cc1ccccc1. The molecule has 0 aliphatic heterocycles. The molecule has 0 fully saturated rings. The zero-order valence-corrected chi connectivity index (χ0v) is 15.1. The van der Waals surface area contributed by atoms with E-state index >= 15 is 0 Å². The zero-order chi connectivity index (χ0) is 18.1. The number of amides is 1. The number of aryl methyl sites for hydroxylation is 1. The van der Waals surface area contributed by atoms with Gasteiger partial charge in [-0.1, -0.05) is 48.0 Å². The maximum atomic E-state index is 12.1. The first-order valence-electron chi connectivity index (χ1n) is 8.40. The van der Waals surface area contributed by atoms with Crippen molar-refractivity contribution < 1.29 is 4.79 Å². The summed E-state index contributed by atoms with van der Waals surface area (Å²) in [5.74, 6) is 0.742. The molecule has 0 spiro atoms. The third-order valence-electron chi connectivity index (χ3n) is 3.81. The van der Waals surface area contributed by atoms with Crippen molar-refractivity contribution in [3.05, 3.63) is 71.3 Å². The molecule has 25 heavy (non-hydrogen) atoms. The molecule has 132 valence electrons.